The van der Waals surface area contributed by atoms with Gasteiger partial charge in [0.2, 0.25) is 0 Å². The van der Waals surface area contributed by atoms with E-state index >= 15 is 0 Å². The van der Waals surface area contributed by atoms with E-state index < -0.39 is 18.0 Å². The minimum Gasteiger partial charge on any atom is -0.460 e. The Labute approximate surface area is 148 Å². The van der Waals surface area contributed by atoms with E-state index in [-0.39, 0.29) is 31.3 Å². The molecule has 135 valence electrons. The number of ether oxygens (including phenoxy) is 2. The highest BCUT2D eigenvalue weighted by Gasteiger charge is 2.33. The zero-order chi connectivity index (χ0) is 18.2. The molecule has 6 nitrogen and oxygen atoms in total. The summed E-state index contributed by atoms with van der Waals surface area (Å²) in [5.41, 5.74) is 1.03. The molecule has 1 aromatic carbocycles. The molecule has 0 unspecified atom stereocenters. The van der Waals surface area contributed by atoms with Crippen molar-refractivity contribution >= 4 is 17.7 Å². The van der Waals surface area contributed by atoms with Crippen molar-refractivity contribution in [1.29, 1.82) is 0 Å². The molecular weight excluding hydrogens is 322 g/mol. The van der Waals surface area contributed by atoms with Gasteiger partial charge in [0, 0.05) is 6.42 Å². The second-order valence-corrected chi connectivity index (χ2v) is 5.85. The van der Waals surface area contributed by atoms with Gasteiger partial charge in [-0.2, -0.15) is 0 Å². The lowest BCUT2D eigenvalue weighted by molar-refractivity contribution is -0.160. The zero-order valence-corrected chi connectivity index (χ0v) is 14.7. The largest absolute Gasteiger partial charge is 0.460 e. The number of ketones is 1. The van der Waals surface area contributed by atoms with Crippen LogP contribution in [0.1, 0.15) is 32.3 Å². The highest BCUT2D eigenvalue weighted by Crippen LogP contribution is 2.18. The van der Waals surface area contributed by atoms with Crippen LogP contribution in [-0.2, 0) is 30.3 Å². The van der Waals surface area contributed by atoms with Crippen molar-refractivity contribution in [2.75, 3.05) is 19.7 Å². The van der Waals surface area contributed by atoms with Gasteiger partial charge in [-0.05, 0) is 25.1 Å². The number of Topliss-reactive ketones (excluding diaryl/α,β-unsaturated/α-hetero) is 1. The Hall–Kier alpha value is -2.21. The number of nitrogens with zero attached hydrogens (tertiary/aromatic N) is 1. The first-order valence-corrected chi connectivity index (χ1v) is 8.59. The third kappa shape index (κ3) is 5.39. The second kappa shape index (κ2) is 9.32. The van der Waals surface area contributed by atoms with E-state index in [2.05, 4.69) is 0 Å². The first kappa shape index (κ1) is 19.1. The molecule has 1 atom stereocenters. The molecule has 1 fully saturated rings. The Morgan fingerprint density at radius 3 is 2.48 bits per heavy atom. The highest BCUT2D eigenvalue weighted by atomic mass is 16.6. The van der Waals surface area contributed by atoms with Gasteiger partial charge in [-0.15, -0.1) is 0 Å². The van der Waals surface area contributed by atoms with Crippen molar-refractivity contribution in [3.8, 4) is 0 Å². The number of carbonyl (C=O) groups is 3. The van der Waals surface area contributed by atoms with Crippen molar-refractivity contribution < 1.29 is 23.9 Å². The molecule has 25 heavy (non-hydrogen) atoms. The van der Waals surface area contributed by atoms with Gasteiger partial charge in [-0.3, -0.25) is 19.3 Å². The van der Waals surface area contributed by atoms with Gasteiger partial charge in [-0.25, -0.2) is 0 Å². The summed E-state index contributed by atoms with van der Waals surface area (Å²) in [4.78, 5) is 37.7. The maximum atomic E-state index is 12.6. The topological polar surface area (TPSA) is 72.9 Å². The maximum absolute atomic E-state index is 12.6. The monoisotopic (exact) mass is 346 g/mol. The van der Waals surface area contributed by atoms with Crippen molar-refractivity contribution in [2.24, 2.45) is 0 Å². The smallest absolute Gasteiger partial charge is 0.323 e. The van der Waals surface area contributed by atoms with Gasteiger partial charge in [0.1, 0.15) is 12.6 Å². The van der Waals surface area contributed by atoms with Crippen LogP contribution in [0.25, 0.3) is 0 Å². The molecule has 1 saturated heterocycles. The van der Waals surface area contributed by atoms with Crippen molar-refractivity contribution in [2.45, 2.75) is 39.2 Å². The second-order valence-electron chi connectivity index (χ2n) is 5.85. The Balaban J connectivity index is 2.01. The third-order valence-electron chi connectivity index (χ3n) is 4.25. The Morgan fingerprint density at radius 2 is 1.84 bits per heavy atom. The summed E-state index contributed by atoms with van der Waals surface area (Å²) in [6.07, 6.45) is 0.619. The number of likely N-dealkylation sites (N-methyl/N-ethyl adjacent to an activating group) is 1. The molecule has 0 amide bonds. The molecular formula is C19H24NO5. The zero-order valence-electron chi connectivity index (χ0n) is 14.7. The van der Waals surface area contributed by atoms with Crippen molar-refractivity contribution in [3.63, 3.8) is 0 Å². The van der Waals surface area contributed by atoms with Gasteiger partial charge in [-0.1, -0.05) is 44.2 Å². The molecule has 0 N–H and O–H groups in total. The van der Waals surface area contributed by atoms with E-state index in [0.717, 1.165) is 5.56 Å². The van der Waals surface area contributed by atoms with Gasteiger partial charge < -0.3 is 9.47 Å². The molecule has 0 bridgehead atoms. The fourth-order valence-electron chi connectivity index (χ4n) is 2.81. The van der Waals surface area contributed by atoms with Crippen LogP contribution in [0.2, 0.25) is 0 Å². The average Bonchev–Trinajstić information content (AvgIpc) is 2.63. The Kier molecular flexibility index (Phi) is 7.13. The van der Waals surface area contributed by atoms with Gasteiger partial charge in [0.05, 0.1) is 6.42 Å². The minimum absolute atomic E-state index is 0.0758. The molecule has 2 rings (SSSR count). The number of hydrogen-bond acceptors (Lipinski definition) is 6. The minimum atomic E-state index is -0.463. The molecule has 0 aliphatic carbocycles. The van der Waals surface area contributed by atoms with E-state index in [9.17, 15) is 14.4 Å². The van der Waals surface area contributed by atoms with E-state index in [1.165, 1.54) is 0 Å². The summed E-state index contributed by atoms with van der Waals surface area (Å²) in [7, 11) is 0. The SMILES string of the molecule is CCN(CC)[C@@H](Cc1ccccc1)C(=O)OC[C]1OC(=O)CCC1=O. The lowest BCUT2D eigenvalue weighted by Crippen LogP contribution is -2.44. The maximum Gasteiger partial charge on any atom is 0.323 e. The van der Waals surface area contributed by atoms with Crippen LogP contribution in [0.15, 0.2) is 30.3 Å². The van der Waals surface area contributed by atoms with Crippen LogP contribution >= 0.6 is 0 Å². The number of carbonyl (C=O) groups excluding carboxylic acids is 3. The first-order valence-electron chi connectivity index (χ1n) is 8.59. The van der Waals surface area contributed by atoms with Gasteiger partial charge >= 0.3 is 11.9 Å². The fourth-order valence-corrected chi connectivity index (χ4v) is 2.81. The summed E-state index contributed by atoms with van der Waals surface area (Å²) in [6.45, 7) is 5.07. The molecule has 0 saturated carbocycles. The number of rotatable bonds is 8. The van der Waals surface area contributed by atoms with E-state index in [1.54, 1.807) is 0 Å². The molecule has 1 heterocycles. The van der Waals surface area contributed by atoms with E-state index in [4.69, 9.17) is 9.47 Å². The molecule has 0 spiro atoms. The third-order valence-corrected chi connectivity index (χ3v) is 4.25. The summed E-state index contributed by atoms with van der Waals surface area (Å²) in [6, 6.07) is 9.25. The summed E-state index contributed by atoms with van der Waals surface area (Å²) >= 11 is 0. The fraction of sp³-hybridized carbons (Fsp3) is 0.474. The summed E-state index contributed by atoms with van der Waals surface area (Å²) in [5.74, 6) is -1.17. The molecule has 1 aliphatic heterocycles. The standard InChI is InChI=1S/C19H24NO5/c1-3-20(4-2)15(12-14-8-6-5-7-9-14)19(23)24-13-17-16(21)10-11-18(22)25-17/h5-9,15H,3-4,10-13H2,1-2H3/t15-/m0/s1. The van der Waals surface area contributed by atoms with Gasteiger partial charge in [0.25, 0.3) is 6.10 Å². The predicted octanol–water partition coefficient (Wildman–Crippen LogP) is 1.92. The molecule has 6 heteroatoms. The van der Waals surface area contributed by atoms with E-state index in [0.29, 0.717) is 19.5 Å². The predicted molar refractivity (Wildman–Crippen MR) is 91.4 cm³/mol. The number of esters is 2. The molecule has 1 radical (unpaired) electrons. The molecule has 1 aliphatic rings. The van der Waals surface area contributed by atoms with Crippen molar-refractivity contribution in [1.82, 2.24) is 4.90 Å². The molecule has 0 aromatic heterocycles. The van der Waals surface area contributed by atoms with Crippen LogP contribution in [-0.4, -0.2) is 48.4 Å². The molecule has 1 aromatic rings. The number of benzene rings is 1. The van der Waals surface area contributed by atoms with Crippen LogP contribution < -0.4 is 0 Å². The van der Waals surface area contributed by atoms with Crippen LogP contribution in [0.3, 0.4) is 0 Å². The van der Waals surface area contributed by atoms with Crippen LogP contribution in [0.5, 0.6) is 0 Å². The number of cyclic esters (lactones) is 1. The van der Waals surface area contributed by atoms with Crippen LogP contribution in [0.4, 0.5) is 0 Å². The van der Waals surface area contributed by atoms with Crippen LogP contribution in [0, 0.1) is 6.10 Å². The Morgan fingerprint density at radius 1 is 1.16 bits per heavy atom. The summed E-state index contributed by atoms with van der Waals surface area (Å²) in [5, 5.41) is 0. The van der Waals surface area contributed by atoms with Gasteiger partial charge in [0.15, 0.2) is 5.78 Å². The number of hydrogen-bond donors (Lipinski definition) is 0. The Bertz CT molecular complexity index is 597. The highest BCUT2D eigenvalue weighted by molar-refractivity contribution is 5.97. The summed E-state index contributed by atoms with van der Waals surface area (Å²) < 4.78 is 10.2. The average molecular weight is 346 g/mol. The quantitative estimate of drug-likeness (QED) is 0.670. The first-order chi connectivity index (χ1) is 12.0. The van der Waals surface area contributed by atoms with E-state index in [1.807, 2.05) is 49.1 Å². The lowest BCUT2D eigenvalue weighted by Gasteiger charge is -2.28. The van der Waals surface area contributed by atoms with Crippen molar-refractivity contribution in [3.05, 3.63) is 42.0 Å². The lowest BCUT2D eigenvalue weighted by atomic mass is 10.0. The normalized spacial score (nSPS) is 16.6.